The van der Waals surface area contributed by atoms with E-state index in [-0.39, 0.29) is 23.3 Å². The Balaban J connectivity index is 2.86. The molecule has 0 aliphatic rings. The Bertz CT molecular complexity index is 688. The summed E-state index contributed by atoms with van der Waals surface area (Å²) in [4.78, 5) is 11.7. The van der Waals surface area contributed by atoms with Crippen molar-refractivity contribution >= 4 is 11.0 Å². The van der Waals surface area contributed by atoms with Crippen molar-refractivity contribution in [1.29, 1.82) is 0 Å². The number of methoxy groups -OCH3 is 1. The first-order chi connectivity index (χ1) is 9.38. The molecule has 2 rings (SSSR count). The summed E-state index contributed by atoms with van der Waals surface area (Å²) in [6.45, 7) is 1.41. The lowest BCUT2D eigenvalue weighted by Gasteiger charge is -2.14. The van der Waals surface area contributed by atoms with Gasteiger partial charge >= 0.3 is 11.8 Å². The molecule has 1 heterocycles. The first kappa shape index (κ1) is 14.2. The summed E-state index contributed by atoms with van der Waals surface area (Å²) in [5.41, 5.74) is -2.50. The molecular weight excluding hydrogens is 277 g/mol. The Hall–Kier alpha value is -2.18. The van der Waals surface area contributed by atoms with Gasteiger partial charge in [-0.25, -0.2) is 4.79 Å². The number of alkyl halides is 3. The van der Waals surface area contributed by atoms with Crippen LogP contribution in [0.1, 0.15) is 12.5 Å². The zero-order valence-corrected chi connectivity index (χ0v) is 10.7. The standard InChI is InChI=1S/C13H11F3O4/c1-3-19-11-10(13(14,15)16)8-5-4-7(18-2)6-9(8)20-12(11)17/h4-6H,3H2,1-2H3. The molecule has 0 fully saturated rings. The Morgan fingerprint density at radius 2 is 2.00 bits per heavy atom. The molecule has 1 aromatic carbocycles. The van der Waals surface area contributed by atoms with Crippen LogP contribution in [0.5, 0.6) is 11.5 Å². The molecule has 0 aliphatic heterocycles. The van der Waals surface area contributed by atoms with Gasteiger partial charge in [0.05, 0.1) is 13.7 Å². The van der Waals surface area contributed by atoms with E-state index >= 15 is 0 Å². The van der Waals surface area contributed by atoms with E-state index in [1.165, 1.54) is 32.2 Å². The fraction of sp³-hybridized carbons (Fsp3) is 0.308. The number of rotatable bonds is 3. The zero-order chi connectivity index (χ0) is 14.9. The van der Waals surface area contributed by atoms with E-state index in [2.05, 4.69) is 0 Å². The van der Waals surface area contributed by atoms with Gasteiger partial charge in [-0.3, -0.25) is 0 Å². The first-order valence-corrected chi connectivity index (χ1v) is 5.73. The van der Waals surface area contributed by atoms with Gasteiger partial charge in [0.1, 0.15) is 16.9 Å². The summed E-state index contributed by atoms with van der Waals surface area (Å²) in [7, 11) is 1.36. The molecule has 0 N–H and O–H groups in total. The van der Waals surface area contributed by atoms with Gasteiger partial charge in [0, 0.05) is 11.5 Å². The maximum Gasteiger partial charge on any atom is 0.420 e. The molecule has 7 heteroatoms. The molecule has 0 unspecified atom stereocenters. The van der Waals surface area contributed by atoms with Crippen molar-refractivity contribution in [2.45, 2.75) is 13.1 Å². The van der Waals surface area contributed by atoms with E-state index in [0.717, 1.165) is 0 Å². The number of benzene rings is 1. The van der Waals surface area contributed by atoms with E-state index in [1.807, 2.05) is 0 Å². The summed E-state index contributed by atoms with van der Waals surface area (Å²) in [6.07, 6.45) is -4.73. The second kappa shape index (κ2) is 5.07. The van der Waals surface area contributed by atoms with E-state index in [9.17, 15) is 18.0 Å². The van der Waals surface area contributed by atoms with Gasteiger partial charge in [0.15, 0.2) is 0 Å². The van der Waals surface area contributed by atoms with Crippen molar-refractivity contribution in [3.63, 3.8) is 0 Å². The van der Waals surface area contributed by atoms with E-state index in [1.54, 1.807) is 0 Å². The molecule has 0 amide bonds. The normalized spacial score (nSPS) is 11.7. The highest BCUT2D eigenvalue weighted by Crippen LogP contribution is 2.40. The minimum atomic E-state index is -4.73. The van der Waals surface area contributed by atoms with Crippen LogP contribution in [0.25, 0.3) is 11.0 Å². The maximum atomic E-state index is 13.2. The lowest BCUT2D eigenvalue weighted by Crippen LogP contribution is -2.16. The molecular formula is C13H11F3O4. The lowest BCUT2D eigenvalue weighted by molar-refractivity contribution is -0.137. The Labute approximate surface area is 111 Å². The quantitative estimate of drug-likeness (QED) is 0.814. The summed E-state index contributed by atoms with van der Waals surface area (Å²) in [5, 5.41) is -0.249. The Morgan fingerprint density at radius 3 is 2.55 bits per heavy atom. The molecule has 1 aromatic heterocycles. The van der Waals surface area contributed by atoms with Crippen LogP contribution < -0.4 is 15.1 Å². The largest absolute Gasteiger partial charge is 0.497 e. The predicted octanol–water partition coefficient (Wildman–Crippen LogP) is 3.22. The molecule has 0 radical (unpaired) electrons. The SMILES string of the molecule is CCOc1c(C(F)(F)F)c2ccc(OC)cc2oc1=O. The average molecular weight is 288 g/mol. The fourth-order valence-electron chi connectivity index (χ4n) is 1.85. The summed E-state index contributed by atoms with van der Waals surface area (Å²) >= 11 is 0. The number of fused-ring (bicyclic) bond motifs is 1. The molecule has 108 valence electrons. The summed E-state index contributed by atoms with van der Waals surface area (Å²) < 4.78 is 54.1. The molecule has 0 aliphatic carbocycles. The van der Waals surface area contributed by atoms with Crippen LogP contribution in [-0.2, 0) is 6.18 Å². The van der Waals surface area contributed by atoms with Gasteiger partial charge < -0.3 is 13.9 Å². The third kappa shape index (κ3) is 2.43. The number of ether oxygens (including phenoxy) is 2. The molecule has 0 saturated heterocycles. The van der Waals surface area contributed by atoms with Crippen molar-refractivity contribution in [2.24, 2.45) is 0 Å². The van der Waals surface area contributed by atoms with Crippen LogP contribution in [-0.4, -0.2) is 13.7 Å². The van der Waals surface area contributed by atoms with Crippen LogP contribution in [0.2, 0.25) is 0 Å². The Morgan fingerprint density at radius 1 is 1.30 bits per heavy atom. The van der Waals surface area contributed by atoms with E-state index < -0.39 is 23.1 Å². The highest BCUT2D eigenvalue weighted by Gasteiger charge is 2.39. The van der Waals surface area contributed by atoms with Gasteiger partial charge in [0.25, 0.3) is 0 Å². The number of hydrogen-bond acceptors (Lipinski definition) is 4. The van der Waals surface area contributed by atoms with Crippen molar-refractivity contribution in [2.75, 3.05) is 13.7 Å². The highest BCUT2D eigenvalue weighted by molar-refractivity contribution is 5.84. The van der Waals surface area contributed by atoms with Gasteiger partial charge in [-0.2, -0.15) is 13.2 Å². The molecule has 0 bridgehead atoms. The average Bonchev–Trinajstić information content (AvgIpc) is 2.37. The molecule has 0 atom stereocenters. The Kier molecular flexibility index (Phi) is 3.61. The van der Waals surface area contributed by atoms with Gasteiger partial charge in [-0.05, 0) is 19.1 Å². The number of hydrogen-bond donors (Lipinski definition) is 0. The lowest BCUT2D eigenvalue weighted by atomic mass is 10.1. The third-order valence-corrected chi connectivity index (χ3v) is 2.65. The zero-order valence-electron chi connectivity index (χ0n) is 10.7. The molecule has 2 aromatic rings. The highest BCUT2D eigenvalue weighted by atomic mass is 19.4. The van der Waals surface area contributed by atoms with Gasteiger partial charge in [0.2, 0.25) is 5.75 Å². The summed E-state index contributed by atoms with van der Waals surface area (Å²) in [6, 6.07) is 3.76. The van der Waals surface area contributed by atoms with Crippen LogP contribution >= 0.6 is 0 Å². The van der Waals surface area contributed by atoms with Gasteiger partial charge in [-0.15, -0.1) is 0 Å². The van der Waals surface area contributed by atoms with Crippen molar-refractivity contribution in [3.8, 4) is 11.5 Å². The van der Waals surface area contributed by atoms with Crippen molar-refractivity contribution < 1.29 is 27.1 Å². The van der Waals surface area contributed by atoms with E-state index in [0.29, 0.717) is 0 Å². The fourth-order valence-corrected chi connectivity index (χ4v) is 1.85. The van der Waals surface area contributed by atoms with Crippen LogP contribution in [0, 0.1) is 0 Å². The molecule has 0 spiro atoms. The van der Waals surface area contributed by atoms with Crippen LogP contribution in [0.4, 0.5) is 13.2 Å². The summed E-state index contributed by atoms with van der Waals surface area (Å²) in [5.74, 6) is -0.532. The molecule has 4 nitrogen and oxygen atoms in total. The topological polar surface area (TPSA) is 48.7 Å². The van der Waals surface area contributed by atoms with Crippen LogP contribution in [0.15, 0.2) is 27.4 Å². The second-order valence-corrected chi connectivity index (χ2v) is 3.89. The minimum absolute atomic E-state index is 0.0739. The monoisotopic (exact) mass is 288 g/mol. The van der Waals surface area contributed by atoms with E-state index in [4.69, 9.17) is 13.9 Å². The van der Waals surface area contributed by atoms with Gasteiger partial charge in [-0.1, -0.05) is 0 Å². The van der Waals surface area contributed by atoms with Crippen LogP contribution in [0.3, 0.4) is 0 Å². The van der Waals surface area contributed by atoms with Crippen molar-refractivity contribution in [3.05, 3.63) is 34.2 Å². The molecule has 20 heavy (non-hydrogen) atoms. The maximum absolute atomic E-state index is 13.2. The predicted molar refractivity (Wildman–Crippen MR) is 65.2 cm³/mol. The molecule has 0 saturated carbocycles. The van der Waals surface area contributed by atoms with Crippen molar-refractivity contribution in [1.82, 2.24) is 0 Å². The second-order valence-electron chi connectivity index (χ2n) is 3.89. The third-order valence-electron chi connectivity index (χ3n) is 2.65. The minimum Gasteiger partial charge on any atom is -0.497 e. The number of halogens is 3. The smallest absolute Gasteiger partial charge is 0.420 e. The first-order valence-electron chi connectivity index (χ1n) is 5.73.